The molecule has 3 N–H and O–H groups in total. The van der Waals surface area contributed by atoms with Crippen LogP contribution in [-0.4, -0.2) is 22.0 Å². The lowest BCUT2D eigenvalue weighted by Gasteiger charge is -2.10. The van der Waals surface area contributed by atoms with Gasteiger partial charge in [0.2, 0.25) is 5.91 Å². The highest BCUT2D eigenvalue weighted by atomic mass is 32.1. The molecule has 0 radical (unpaired) electrons. The molecule has 6 nitrogen and oxygen atoms in total. The minimum Gasteiger partial charge on any atom is -0.322 e. The van der Waals surface area contributed by atoms with E-state index in [1.54, 1.807) is 41.7 Å². The van der Waals surface area contributed by atoms with Crippen LogP contribution < -0.4 is 10.6 Å². The van der Waals surface area contributed by atoms with E-state index in [9.17, 15) is 9.59 Å². The third kappa shape index (κ3) is 4.07. The predicted octanol–water partition coefficient (Wildman–Crippen LogP) is 3.99. The first-order valence-corrected chi connectivity index (χ1v) is 8.87. The fourth-order valence-corrected chi connectivity index (χ4v) is 3.04. The summed E-state index contributed by atoms with van der Waals surface area (Å²) in [7, 11) is 0. The average Bonchev–Trinajstić information content (AvgIpc) is 3.26. The van der Waals surface area contributed by atoms with Gasteiger partial charge < -0.3 is 10.6 Å². The Morgan fingerprint density at radius 3 is 2.62 bits per heavy atom. The lowest BCUT2D eigenvalue weighted by molar-refractivity contribution is -0.111. The number of aryl methyl sites for hydroxylation is 2. The third-order valence-electron chi connectivity index (χ3n) is 3.74. The van der Waals surface area contributed by atoms with Crippen molar-refractivity contribution in [3.8, 4) is 0 Å². The van der Waals surface area contributed by atoms with Crippen molar-refractivity contribution in [2.75, 3.05) is 10.6 Å². The molecule has 3 rings (SSSR count). The molecule has 0 fully saturated rings. The molecule has 2 heterocycles. The van der Waals surface area contributed by atoms with E-state index in [-0.39, 0.29) is 11.8 Å². The Morgan fingerprint density at radius 1 is 1.12 bits per heavy atom. The summed E-state index contributed by atoms with van der Waals surface area (Å²) in [4.78, 5) is 25.8. The van der Waals surface area contributed by atoms with Crippen LogP contribution in [0.3, 0.4) is 0 Å². The van der Waals surface area contributed by atoms with Crippen LogP contribution in [0, 0.1) is 13.8 Å². The molecular formula is C19H18N4O2S. The smallest absolute Gasteiger partial charge is 0.257 e. The number of para-hydroxylation sites is 1. The molecule has 0 atom stereocenters. The van der Waals surface area contributed by atoms with Crippen LogP contribution in [0.5, 0.6) is 0 Å². The Hall–Kier alpha value is -3.19. The van der Waals surface area contributed by atoms with Crippen molar-refractivity contribution in [3.63, 3.8) is 0 Å². The summed E-state index contributed by atoms with van der Waals surface area (Å²) in [5.41, 5.74) is 2.95. The number of aromatic nitrogens is 2. The maximum absolute atomic E-state index is 12.6. The van der Waals surface area contributed by atoms with Crippen LogP contribution in [0.25, 0.3) is 6.08 Å². The lowest BCUT2D eigenvalue weighted by Crippen LogP contribution is -2.17. The zero-order valence-corrected chi connectivity index (χ0v) is 15.2. The third-order valence-corrected chi connectivity index (χ3v) is 4.58. The first kappa shape index (κ1) is 17.6. The summed E-state index contributed by atoms with van der Waals surface area (Å²) in [6, 6.07) is 10.7. The minimum atomic E-state index is -0.310. The molecule has 0 saturated heterocycles. The highest BCUT2D eigenvalue weighted by Crippen LogP contribution is 2.21. The number of carbonyl (C=O) groups is 2. The van der Waals surface area contributed by atoms with Gasteiger partial charge in [0.15, 0.2) is 0 Å². The number of hydrogen-bond acceptors (Lipinski definition) is 4. The number of hydrogen-bond donors (Lipinski definition) is 3. The standard InChI is InChI=1S/C19H18N4O2S/c1-12-18(13(2)23-22-12)21-19(25)15-7-3-4-8-16(15)20-17(24)10-9-14-6-5-11-26-14/h3-11H,1-2H3,(H,20,24)(H,21,25)(H,22,23)/b10-9+. The van der Waals surface area contributed by atoms with Gasteiger partial charge in [-0.25, -0.2) is 0 Å². The van der Waals surface area contributed by atoms with E-state index >= 15 is 0 Å². The fraction of sp³-hybridized carbons (Fsp3) is 0.105. The molecule has 26 heavy (non-hydrogen) atoms. The maximum atomic E-state index is 12.6. The summed E-state index contributed by atoms with van der Waals surface area (Å²) in [5.74, 6) is -0.606. The second kappa shape index (κ2) is 7.79. The van der Waals surface area contributed by atoms with E-state index in [1.807, 2.05) is 31.4 Å². The van der Waals surface area contributed by atoms with Gasteiger partial charge in [-0.15, -0.1) is 11.3 Å². The maximum Gasteiger partial charge on any atom is 0.257 e. The van der Waals surface area contributed by atoms with E-state index in [4.69, 9.17) is 0 Å². The molecule has 132 valence electrons. The predicted molar refractivity (Wildman–Crippen MR) is 104 cm³/mol. The van der Waals surface area contributed by atoms with Crippen molar-refractivity contribution in [1.82, 2.24) is 10.2 Å². The summed E-state index contributed by atoms with van der Waals surface area (Å²) in [6.07, 6.45) is 3.19. The molecule has 2 aromatic heterocycles. The second-order valence-electron chi connectivity index (χ2n) is 5.65. The van der Waals surface area contributed by atoms with E-state index < -0.39 is 0 Å². The first-order valence-electron chi connectivity index (χ1n) is 7.99. The number of anilines is 2. The molecule has 0 spiro atoms. The monoisotopic (exact) mass is 366 g/mol. The quantitative estimate of drug-likeness (QED) is 0.597. The molecule has 0 saturated carbocycles. The zero-order chi connectivity index (χ0) is 18.5. The van der Waals surface area contributed by atoms with E-state index in [2.05, 4.69) is 20.8 Å². The van der Waals surface area contributed by atoms with Crippen LogP contribution in [0.15, 0.2) is 47.9 Å². The molecule has 0 bridgehead atoms. The van der Waals surface area contributed by atoms with Crippen LogP contribution in [-0.2, 0) is 4.79 Å². The number of nitrogens with zero attached hydrogens (tertiary/aromatic N) is 1. The van der Waals surface area contributed by atoms with Crippen molar-refractivity contribution in [2.45, 2.75) is 13.8 Å². The number of nitrogens with one attached hydrogen (secondary N) is 3. The molecule has 0 aliphatic carbocycles. The van der Waals surface area contributed by atoms with Crippen LogP contribution in [0.1, 0.15) is 26.6 Å². The van der Waals surface area contributed by atoms with E-state index in [1.165, 1.54) is 6.08 Å². The number of thiophene rings is 1. The normalized spacial score (nSPS) is 10.8. The number of amides is 2. The second-order valence-corrected chi connectivity index (χ2v) is 6.63. The van der Waals surface area contributed by atoms with Gasteiger partial charge in [0.25, 0.3) is 5.91 Å². The highest BCUT2D eigenvalue weighted by Gasteiger charge is 2.15. The molecule has 3 aromatic rings. The van der Waals surface area contributed by atoms with E-state index in [0.29, 0.717) is 22.6 Å². The van der Waals surface area contributed by atoms with Gasteiger partial charge in [-0.2, -0.15) is 5.10 Å². The molecule has 0 unspecified atom stereocenters. The minimum absolute atomic E-state index is 0.297. The number of benzene rings is 1. The summed E-state index contributed by atoms with van der Waals surface area (Å²) < 4.78 is 0. The Balaban J connectivity index is 1.75. The molecule has 1 aromatic carbocycles. The van der Waals surface area contributed by atoms with Crippen molar-refractivity contribution < 1.29 is 9.59 Å². The molecule has 0 aliphatic heterocycles. The van der Waals surface area contributed by atoms with Gasteiger partial charge in [-0.05, 0) is 43.5 Å². The van der Waals surface area contributed by atoms with Crippen molar-refractivity contribution in [1.29, 1.82) is 0 Å². The number of carbonyl (C=O) groups excluding carboxylic acids is 2. The first-order chi connectivity index (χ1) is 12.5. The Kier molecular flexibility index (Phi) is 5.28. The highest BCUT2D eigenvalue weighted by molar-refractivity contribution is 7.10. The molecular weight excluding hydrogens is 348 g/mol. The molecule has 2 amide bonds. The van der Waals surface area contributed by atoms with Crippen LogP contribution in [0.2, 0.25) is 0 Å². The summed E-state index contributed by atoms with van der Waals surface area (Å²) >= 11 is 1.54. The van der Waals surface area contributed by atoms with Crippen LogP contribution >= 0.6 is 11.3 Å². The SMILES string of the molecule is Cc1n[nH]c(C)c1NC(=O)c1ccccc1NC(=O)/C=C/c1cccs1. The summed E-state index contributed by atoms with van der Waals surface area (Å²) in [6.45, 7) is 3.64. The van der Waals surface area contributed by atoms with Crippen LogP contribution in [0.4, 0.5) is 11.4 Å². The number of H-pyrrole nitrogens is 1. The van der Waals surface area contributed by atoms with Gasteiger partial charge >= 0.3 is 0 Å². The lowest BCUT2D eigenvalue weighted by atomic mass is 10.1. The van der Waals surface area contributed by atoms with Gasteiger partial charge in [0, 0.05) is 11.0 Å². The Labute approximate surface area is 155 Å². The van der Waals surface area contributed by atoms with Crippen molar-refractivity contribution in [3.05, 3.63) is 69.7 Å². The Bertz CT molecular complexity index is 938. The van der Waals surface area contributed by atoms with Gasteiger partial charge in [-0.1, -0.05) is 18.2 Å². The largest absolute Gasteiger partial charge is 0.322 e. The average molecular weight is 366 g/mol. The van der Waals surface area contributed by atoms with Gasteiger partial charge in [0.1, 0.15) is 0 Å². The zero-order valence-electron chi connectivity index (χ0n) is 14.4. The van der Waals surface area contributed by atoms with Crippen molar-refractivity contribution >= 4 is 40.6 Å². The molecule has 0 aliphatic rings. The van der Waals surface area contributed by atoms with E-state index in [0.717, 1.165) is 10.6 Å². The molecule has 7 heteroatoms. The Morgan fingerprint density at radius 2 is 1.92 bits per heavy atom. The van der Waals surface area contributed by atoms with Gasteiger partial charge in [0.05, 0.1) is 28.3 Å². The van der Waals surface area contributed by atoms with Gasteiger partial charge in [-0.3, -0.25) is 14.7 Å². The summed E-state index contributed by atoms with van der Waals surface area (Å²) in [5, 5.41) is 14.4. The number of aromatic amines is 1. The number of rotatable bonds is 5. The fourth-order valence-electron chi connectivity index (χ4n) is 2.42. The van der Waals surface area contributed by atoms with Crippen molar-refractivity contribution in [2.24, 2.45) is 0 Å². The topological polar surface area (TPSA) is 86.9 Å².